The summed E-state index contributed by atoms with van der Waals surface area (Å²) in [5.41, 5.74) is 0.511. The molecule has 2 rings (SSSR count). The van der Waals surface area contributed by atoms with Gasteiger partial charge in [0.2, 0.25) is 11.9 Å². The minimum absolute atomic E-state index is 0.0476. The maximum absolute atomic E-state index is 11.0. The van der Waals surface area contributed by atoms with Crippen molar-refractivity contribution in [1.82, 2.24) is 15.3 Å². The predicted molar refractivity (Wildman–Crippen MR) is 63.4 cm³/mol. The summed E-state index contributed by atoms with van der Waals surface area (Å²) in [6.07, 6.45) is 2.48. The lowest BCUT2D eigenvalue weighted by Gasteiger charge is -2.23. The van der Waals surface area contributed by atoms with Gasteiger partial charge in [0.05, 0.1) is 11.3 Å². The zero-order valence-corrected chi connectivity index (χ0v) is 9.93. The van der Waals surface area contributed by atoms with Gasteiger partial charge >= 0.3 is 5.97 Å². The van der Waals surface area contributed by atoms with Gasteiger partial charge in [0.15, 0.2) is 0 Å². The highest BCUT2D eigenvalue weighted by atomic mass is 16.4. The van der Waals surface area contributed by atoms with Gasteiger partial charge in [0.25, 0.3) is 0 Å². The molecule has 7 heteroatoms. The average Bonchev–Trinajstić information content (AvgIpc) is 2.32. The van der Waals surface area contributed by atoms with E-state index in [0.29, 0.717) is 24.6 Å². The highest BCUT2D eigenvalue weighted by molar-refractivity contribution is 5.88. The Kier molecular flexibility index (Phi) is 3.40. The minimum atomic E-state index is -1.04. The Labute approximate surface area is 104 Å². The first-order chi connectivity index (χ1) is 8.56. The predicted octanol–water partition coefficient (Wildman–Crippen LogP) is 0.174. The third-order valence-electron chi connectivity index (χ3n) is 2.81. The lowest BCUT2D eigenvalue weighted by Crippen LogP contribution is -2.42. The topological polar surface area (TPSA) is 104 Å². The second-order valence-corrected chi connectivity index (χ2v) is 4.18. The first kappa shape index (κ1) is 12.3. The number of piperidine rings is 1. The molecule has 1 unspecified atom stereocenters. The van der Waals surface area contributed by atoms with Crippen molar-refractivity contribution in [1.29, 1.82) is 0 Å². The third-order valence-corrected chi connectivity index (χ3v) is 2.81. The van der Waals surface area contributed by atoms with E-state index in [1.54, 1.807) is 6.92 Å². The molecule has 0 aromatic carbocycles. The number of hydrogen-bond donors (Lipinski definition) is 3. The fourth-order valence-corrected chi connectivity index (χ4v) is 1.79. The van der Waals surface area contributed by atoms with Crippen LogP contribution in [0.2, 0.25) is 0 Å². The number of hydrogen-bond acceptors (Lipinski definition) is 5. The van der Waals surface area contributed by atoms with Crippen LogP contribution in [0.3, 0.4) is 0 Å². The van der Waals surface area contributed by atoms with Crippen LogP contribution in [-0.2, 0) is 4.79 Å². The molecule has 96 valence electrons. The highest BCUT2D eigenvalue weighted by Crippen LogP contribution is 2.11. The zero-order valence-electron chi connectivity index (χ0n) is 9.93. The third kappa shape index (κ3) is 2.73. The van der Waals surface area contributed by atoms with Crippen molar-refractivity contribution >= 4 is 17.8 Å². The molecule has 1 saturated heterocycles. The smallest absolute Gasteiger partial charge is 0.339 e. The first-order valence-corrected chi connectivity index (χ1v) is 5.66. The fraction of sp³-hybridized carbons (Fsp3) is 0.455. The second-order valence-electron chi connectivity index (χ2n) is 4.18. The summed E-state index contributed by atoms with van der Waals surface area (Å²) < 4.78 is 0. The number of anilines is 1. The number of aromatic carboxylic acids is 1. The Hall–Kier alpha value is -2.18. The van der Waals surface area contributed by atoms with Crippen LogP contribution in [0, 0.1) is 6.92 Å². The van der Waals surface area contributed by atoms with E-state index in [1.165, 1.54) is 6.20 Å². The van der Waals surface area contributed by atoms with Crippen LogP contribution in [-0.4, -0.2) is 39.5 Å². The number of carboxylic acid groups (broad SMARTS) is 1. The Morgan fingerprint density at radius 1 is 1.61 bits per heavy atom. The largest absolute Gasteiger partial charge is 0.478 e. The molecule has 1 amide bonds. The molecule has 0 bridgehead atoms. The van der Waals surface area contributed by atoms with Crippen molar-refractivity contribution in [3.8, 4) is 0 Å². The van der Waals surface area contributed by atoms with E-state index >= 15 is 0 Å². The molecule has 1 atom stereocenters. The summed E-state index contributed by atoms with van der Waals surface area (Å²) in [4.78, 5) is 29.9. The lowest BCUT2D eigenvalue weighted by molar-refractivity contribution is -0.122. The van der Waals surface area contributed by atoms with Gasteiger partial charge in [-0.15, -0.1) is 0 Å². The molecule has 1 aliphatic heterocycles. The number of carbonyl (C=O) groups is 2. The number of nitrogens with zero attached hydrogens (tertiary/aromatic N) is 2. The number of carboxylic acids is 1. The van der Waals surface area contributed by atoms with Gasteiger partial charge in [-0.25, -0.2) is 14.8 Å². The summed E-state index contributed by atoms with van der Waals surface area (Å²) in [6.45, 7) is 2.15. The monoisotopic (exact) mass is 250 g/mol. The number of rotatable bonds is 3. The fourth-order valence-electron chi connectivity index (χ4n) is 1.79. The Bertz CT molecular complexity index is 479. The van der Waals surface area contributed by atoms with Crippen LogP contribution in [0.15, 0.2) is 6.20 Å². The van der Waals surface area contributed by atoms with E-state index in [1.807, 2.05) is 0 Å². The molecule has 1 aromatic heterocycles. The Balaban J connectivity index is 2.04. The van der Waals surface area contributed by atoms with Crippen molar-refractivity contribution in [2.45, 2.75) is 25.8 Å². The van der Waals surface area contributed by atoms with Crippen molar-refractivity contribution in [2.24, 2.45) is 0 Å². The molecular formula is C11H14N4O3. The van der Waals surface area contributed by atoms with Gasteiger partial charge in [0.1, 0.15) is 0 Å². The van der Waals surface area contributed by atoms with Gasteiger partial charge in [-0.05, 0) is 13.3 Å². The van der Waals surface area contributed by atoms with Gasteiger partial charge in [-0.2, -0.15) is 0 Å². The number of carbonyl (C=O) groups excluding carboxylic acids is 1. The lowest BCUT2D eigenvalue weighted by atomic mass is 10.1. The van der Waals surface area contributed by atoms with Gasteiger partial charge in [-0.3, -0.25) is 4.79 Å². The molecule has 1 fully saturated rings. The quantitative estimate of drug-likeness (QED) is 0.706. The van der Waals surface area contributed by atoms with E-state index < -0.39 is 5.97 Å². The molecule has 0 aliphatic carbocycles. The van der Waals surface area contributed by atoms with Crippen LogP contribution in [0.4, 0.5) is 5.95 Å². The highest BCUT2D eigenvalue weighted by Gasteiger charge is 2.19. The summed E-state index contributed by atoms with van der Waals surface area (Å²) in [5.74, 6) is -0.603. The number of aromatic nitrogens is 2. The van der Waals surface area contributed by atoms with E-state index in [9.17, 15) is 9.59 Å². The molecule has 3 N–H and O–H groups in total. The van der Waals surface area contributed by atoms with Gasteiger partial charge in [-0.1, -0.05) is 0 Å². The summed E-state index contributed by atoms with van der Waals surface area (Å²) in [5, 5.41) is 14.7. The van der Waals surface area contributed by atoms with Gasteiger partial charge in [0, 0.05) is 25.2 Å². The number of aryl methyl sites for hydroxylation is 1. The summed E-state index contributed by atoms with van der Waals surface area (Å²) in [7, 11) is 0. The van der Waals surface area contributed by atoms with Crippen molar-refractivity contribution < 1.29 is 14.7 Å². The van der Waals surface area contributed by atoms with Crippen LogP contribution >= 0.6 is 0 Å². The SMILES string of the molecule is Cc1nc(NC2CCC(=O)NC2)ncc1C(=O)O. The minimum Gasteiger partial charge on any atom is -0.478 e. The molecule has 0 radical (unpaired) electrons. The van der Waals surface area contributed by atoms with Crippen molar-refractivity contribution in [3.63, 3.8) is 0 Å². The number of amides is 1. The molecule has 7 nitrogen and oxygen atoms in total. The molecule has 0 saturated carbocycles. The Morgan fingerprint density at radius 2 is 2.39 bits per heavy atom. The summed E-state index contributed by atoms with van der Waals surface area (Å²) in [6, 6.07) is 0.0813. The normalized spacial score (nSPS) is 19.2. The molecule has 2 heterocycles. The van der Waals surface area contributed by atoms with E-state index in [-0.39, 0.29) is 17.5 Å². The van der Waals surface area contributed by atoms with Crippen LogP contribution in [0.1, 0.15) is 28.9 Å². The number of nitrogens with one attached hydrogen (secondary N) is 2. The summed E-state index contributed by atoms with van der Waals surface area (Å²) >= 11 is 0. The molecule has 18 heavy (non-hydrogen) atoms. The zero-order chi connectivity index (χ0) is 13.1. The standard InChI is InChI=1S/C11H14N4O3/c1-6-8(10(17)18)5-13-11(14-6)15-7-2-3-9(16)12-4-7/h5,7H,2-4H2,1H3,(H,12,16)(H,17,18)(H,13,14,15). The van der Waals surface area contributed by atoms with E-state index in [0.717, 1.165) is 6.42 Å². The molecular weight excluding hydrogens is 236 g/mol. The van der Waals surface area contributed by atoms with Crippen LogP contribution < -0.4 is 10.6 Å². The Morgan fingerprint density at radius 3 is 2.94 bits per heavy atom. The van der Waals surface area contributed by atoms with Crippen LogP contribution in [0.25, 0.3) is 0 Å². The maximum Gasteiger partial charge on any atom is 0.339 e. The van der Waals surface area contributed by atoms with Crippen molar-refractivity contribution in [3.05, 3.63) is 17.5 Å². The van der Waals surface area contributed by atoms with Crippen molar-refractivity contribution in [2.75, 3.05) is 11.9 Å². The first-order valence-electron chi connectivity index (χ1n) is 5.66. The second kappa shape index (κ2) is 4.99. The maximum atomic E-state index is 11.0. The molecule has 1 aliphatic rings. The van der Waals surface area contributed by atoms with E-state index in [2.05, 4.69) is 20.6 Å². The van der Waals surface area contributed by atoms with Crippen LogP contribution in [0.5, 0.6) is 0 Å². The molecule has 1 aromatic rings. The average molecular weight is 250 g/mol. The van der Waals surface area contributed by atoms with Gasteiger partial charge < -0.3 is 15.7 Å². The van der Waals surface area contributed by atoms with E-state index in [4.69, 9.17) is 5.11 Å². The molecule has 0 spiro atoms.